The molecule has 4 aromatic rings. The maximum absolute atomic E-state index is 11.3. The Morgan fingerprint density at radius 2 is 1.36 bits per heavy atom. The molecule has 3 N–H and O–H groups in total. The van der Waals surface area contributed by atoms with E-state index in [0.717, 1.165) is 42.8 Å². The highest BCUT2D eigenvalue weighted by Gasteiger charge is 2.20. The number of ether oxygens (including phenoxy) is 1. The highest BCUT2D eigenvalue weighted by Crippen LogP contribution is 2.23. The number of aromatic nitrogens is 1. The number of nitrogens with zero attached hydrogens (tertiary/aromatic N) is 3. The first-order valence-corrected chi connectivity index (χ1v) is 14.1. The standard InChI is InChI=1S/C18H23N3O3.C12H10.C4H4O4/c1-14(22)21-10-8-20(9-11-21)12-15(23)13-24-18-6-2-5-17-16(18)4-3-7-19-17;1-3-7-11(8-4-1)12-9-5-2-6-10-12;5-3(6)1-2-4(7)8/h2-7,15,23H,8-13H2,1H3;1-10H;1-2H,(H,5,6)(H,7,8)/b;;2-1+. The van der Waals surface area contributed by atoms with Gasteiger partial charge in [0.1, 0.15) is 18.5 Å². The second-order valence-electron chi connectivity index (χ2n) is 9.84. The van der Waals surface area contributed by atoms with Crippen molar-refractivity contribution in [1.29, 1.82) is 0 Å². The number of piperazine rings is 1. The fourth-order valence-corrected chi connectivity index (χ4v) is 4.39. The van der Waals surface area contributed by atoms with Crippen LogP contribution in [-0.2, 0) is 14.4 Å². The molecule has 230 valence electrons. The minimum absolute atomic E-state index is 0.114. The summed E-state index contributed by atoms with van der Waals surface area (Å²) < 4.78 is 5.80. The number of rotatable bonds is 8. The Morgan fingerprint density at radius 1 is 0.795 bits per heavy atom. The third kappa shape index (κ3) is 11.7. The Kier molecular flexibility index (Phi) is 13.5. The zero-order valence-electron chi connectivity index (χ0n) is 24.5. The number of aliphatic carboxylic acids is 2. The van der Waals surface area contributed by atoms with Gasteiger partial charge >= 0.3 is 11.9 Å². The molecule has 0 saturated carbocycles. The molecule has 1 saturated heterocycles. The van der Waals surface area contributed by atoms with E-state index in [1.807, 2.05) is 47.4 Å². The molecule has 1 unspecified atom stereocenters. The van der Waals surface area contributed by atoms with E-state index in [4.69, 9.17) is 14.9 Å². The quantitative estimate of drug-likeness (QED) is 0.254. The summed E-state index contributed by atoms with van der Waals surface area (Å²) in [5, 5.41) is 26.8. The van der Waals surface area contributed by atoms with Crippen LogP contribution in [0.5, 0.6) is 5.75 Å². The number of aliphatic hydroxyl groups is 1. The fraction of sp³-hybridized carbons (Fsp3) is 0.235. The van der Waals surface area contributed by atoms with Gasteiger partial charge in [0.2, 0.25) is 5.91 Å². The molecule has 0 bridgehead atoms. The number of carbonyl (C=O) groups is 3. The molecule has 1 aliphatic rings. The molecule has 1 atom stereocenters. The van der Waals surface area contributed by atoms with Gasteiger partial charge in [-0.2, -0.15) is 0 Å². The smallest absolute Gasteiger partial charge is 0.328 e. The highest BCUT2D eigenvalue weighted by atomic mass is 16.5. The summed E-state index contributed by atoms with van der Waals surface area (Å²) in [4.78, 5) is 38.7. The zero-order valence-corrected chi connectivity index (χ0v) is 24.5. The molecule has 1 amide bonds. The van der Waals surface area contributed by atoms with Gasteiger partial charge in [-0.25, -0.2) is 9.59 Å². The normalized spacial score (nSPS) is 13.6. The number of aliphatic hydroxyl groups excluding tert-OH is 1. The van der Waals surface area contributed by atoms with Gasteiger partial charge in [0.15, 0.2) is 0 Å². The zero-order chi connectivity index (χ0) is 31.7. The van der Waals surface area contributed by atoms with Crippen LogP contribution >= 0.6 is 0 Å². The number of hydrogen-bond donors (Lipinski definition) is 3. The number of carbonyl (C=O) groups excluding carboxylic acids is 1. The average Bonchev–Trinajstić information content (AvgIpc) is 3.04. The molecule has 1 aliphatic heterocycles. The molecule has 10 nitrogen and oxygen atoms in total. The van der Waals surface area contributed by atoms with E-state index in [9.17, 15) is 19.5 Å². The number of pyridine rings is 1. The predicted molar refractivity (Wildman–Crippen MR) is 168 cm³/mol. The number of benzene rings is 3. The molecule has 1 aromatic heterocycles. The topological polar surface area (TPSA) is 140 Å². The summed E-state index contributed by atoms with van der Waals surface area (Å²) in [6.45, 7) is 5.40. The van der Waals surface area contributed by atoms with E-state index in [2.05, 4.69) is 58.4 Å². The largest absolute Gasteiger partial charge is 0.490 e. The third-order valence-electron chi connectivity index (χ3n) is 6.57. The van der Waals surface area contributed by atoms with E-state index < -0.39 is 18.0 Å². The number of β-amino-alcohol motifs (C(OH)–C–C–N with tert-alkyl or cyclic N) is 1. The molecule has 1 fully saturated rings. The van der Waals surface area contributed by atoms with Crippen molar-refractivity contribution in [2.45, 2.75) is 13.0 Å². The molecular weight excluding hydrogens is 562 g/mol. The van der Waals surface area contributed by atoms with E-state index in [-0.39, 0.29) is 12.5 Å². The summed E-state index contributed by atoms with van der Waals surface area (Å²) in [7, 11) is 0. The second-order valence-corrected chi connectivity index (χ2v) is 9.84. The Morgan fingerprint density at radius 3 is 1.89 bits per heavy atom. The highest BCUT2D eigenvalue weighted by molar-refractivity contribution is 5.89. The lowest BCUT2D eigenvalue weighted by atomic mass is 10.1. The number of hydrogen-bond acceptors (Lipinski definition) is 7. The minimum atomic E-state index is -1.26. The summed E-state index contributed by atoms with van der Waals surface area (Å²) >= 11 is 0. The molecule has 44 heavy (non-hydrogen) atoms. The number of fused-ring (bicyclic) bond motifs is 1. The van der Waals surface area contributed by atoms with Crippen molar-refractivity contribution in [3.8, 4) is 16.9 Å². The van der Waals surface area contributed by atoms with Gasteiger partial charge < -0.3 is 25.0 Å². The van der Waals surface area contributed by atoms with Gasteiger partial charge in [-0.1, -0.05) is 66.7 Å². The SMILES string of the molecule is CC(=O)N1CCN(CC(O)COc2cccc3ncccc23)CC1.O=C(O)/C=C/C(=O)O.c1ccc(-c2ccccc2)cc1. The third-order valence-corrected chi connectivity index (χ3v) is 6.57. The van der Waals surface area contributed by atoms with Crippen LogP contribution in [0.15, 0.2) is 109 Å². The van der Waals surface area contributed by atoms with E-state index in [1.54, 1.807) is 13.1 Å². The van der Waals surface area contributed by atoms with Crippen molar-refractivity contribution in [2.24, 2.45) is 0 Å². The van der Waals surface area contributed by atoms with Crippen molar-refractivity contribution in [3.05, 3.63) is 109 Å². The van der Waals surface area contributed by atoms with Crippen LogP contribution in [-0.4, -0.2) is 93.4 Å². The van der Waals surface area contributed by atoms with Crippen LogP contribution in [0.25, 0.3) is 22.0 Å². The Balaban J connectivity index is 0.000000219. The predicted octanol–water partition coefficient (Wildman–Crippen LogP) is 4.20. The first-order valence-electron chi connectivity index (χ1n) is 14.1. The number of amides is 1. The van der Waals surface area contributed by atoms with Crippen molar-refractivity contribution in [1.82, 2.24) is 14.8 Å². The molecule has 10 heteroatoms. The molecule has 0 radical (unpaired) electrons. The van der Waals surface area contributed by atoms with E-state index in [0.29, 0.717) is 18.7 Å². The molecule has 2 heterocycles. The fourth-order valence-electron chi connectivity index (χ4n) is 4.39. The van der Waals surface area contributed by atoms with Crippen molar-refractivity contribution < 1.29 is 34.4 Å². The van der Waals surface area contributed by atoms with Gasteiger partial charge in [0.25, 0.3) is 0 Å². The molecule has 0 aliphatic carbocycles. The first kappa shape index (κ1) is 33.4. The first-order chi connectivity index (χ1) is 21.2. The van der Waals surface area contributed by atoms with Crippen LogP contribution < -0.4 is 4.74 Å². The number of carboxylic acid groups (broad SMARTS) is 2. The Bertz CT molecular complexity index is 1450. The monoisotopic (exact) mass is 599 g/mol. The summed E-state index contributed by atoms with van der Waals surface area (Å²) in [5.74, 6) is -1.66. The van der Waals surface area contributed by atoms with Crippen LogP contribution in [0.1, 0.15) is 6.92 Å². The van der Waals surface area contributed by atoms with Crippen molar-refractivity contribution in [2.75, 3.05) is 39.3 Å². The van der Waals surface area contributed by atoms with Gasteiger partial charge in [-0.15, -0.1) is 0 Å². The maximum Gasteiger partial charge on any atom is 0.328 e. The number of carboxylic acids is 2. The lowest BCUT2D eigenvalue weighted by molar-refractivity contribution is -0.134. The molecule has 0 spiro atoms. The second kappa shape index (κ2) is 17.8. The Hall–Kier alpha value is -5.06. The van der Waals surface area contributed by atoms with Crippen LogP contribution in [0, 0.1) is 0 Å². The van der Waals surface area contributed by atoms with Crippen LogP contribution in [0.4, 0.5) is 0 Å². The van der Waals surface area contributed by atoms with Gasteiger partial charge in [-0.05, 0) is 35.4 Å². The van der Waals surface area contributed by atoms with Gasteiger partial charge in [-0.3, -0.25) is 14.7 Å². The lowest BCUT2D eigenvalue weighted by Crippen LogP contribution is -2.50. The Labute approximate surface area is 256 Å². The minimum Gasteiger partial charge on any atom is -0.490 e. The molecular formula is C34H37N3O7. The van der Waals surface area contributed by atoms with Gasteiger partial charge in [0.05, 0.1) is 5.52 Å². The lowest BCUT2D eigenvalue weighted by Gasteiger charge is -2.35. The van der Waals surface area contributed by atoms with Gasteiger partial charge in [0, 0.05) is 63.4 Å². The molecule has 3 aromatic carbocycles. The molecule has 5 rings (SSSR count). The average molecular weight is 600 g/mol. The van der Waals surface area contributed by atoms with E-state index >= 15 is 0 Å². The maximum atomic E-state index is 11.3. The summed E-state index contributed by atoms with van der Waals surface area (Å²) in [5.41, 5.74) is 3.43. The van der Waals surface area contributed by atoms with E-state index in [1.165, 1.54) is 11.1 Å². The van der Waals surface area contributed by atoms with Crippen molar-refractivity contribution in [3.63, 3.8) is 0 Å². The summed E-state index contributed by atoms with van der Waals surface area (Å²) in [6, 6.07) is 30.3. The van der Waals surface area contributed by atoms with Crippen LogP contribution in [0.2, 0.25) is 0 Å². The van der Waals surface area contributed by atoms with Crippen molar-refractivity contribution >= 4 is 28.7 Å². The van der Waals surface area contributed by atoms with Crippen LogP contribution in [0.3, 0.4) is 0 Å². The summed E-state index contributed by atoms with van der Waals surface area (Å²) in [6.07, 6.45) is 2.30.